The van der Waals surface area contributed by atoms with Crippen molar-refractivity contribution in [2.75, 3.05) is 12.8 Å². The lowest BCUT2D eigenvalue weighted by Crippen LogP contribution is -2.00. The van der Waals surface area contributed by atoms with E-state index in [9.17, 15) is 0 Å². The summed E-state index contributed by atoms with van der Waals surface area (Å²) in [6.07, 6.45) is 1.68. The number of ether oxygens (including phenoxy) is 1. The fourth-order valence-corrected chi connectivity index (χ4v) is 1.55. The summed E-state index contributed by atoms with van der Waals surface area (Å²) in [7, 11) is 1.58. The van der Waals surface area contributed by atoms with Crippen molar-refractivity contribution in [3.8, 4) is 11.6 Å². The van der Waals surface area contributed by atoms with Crippen LogP contribution in [0.3, 0.4) is 0 Å². The van der Waals surface area contributed by atoms with E-state index in [-0.39, 0.29) is 0 Å². The average molecular weight is 218 g/mol. The van der Waals surface area contributed by atoms with Crippen molar-refractivity contribution in [2.45, 2.75) is 13.8 Å². The van der Waals surface area contributed by atoms with Gasteiger partial charge in [-0.1, -0.05) is 0 Å². The lowest BCUT2D eigenvalue weighted by Gasteiger charge is -2.05. The van der Waals surface area contributed by atoms with E-state index in [1.807, 2.05) is 26.0 Å². The van der Waals surface area contributed by atoms with Gasteiger partial charge in [-0.15, -0.1) is 0 Å². The highest BCUT2D eigenvalue weighted by atomic mass is 16.5. The Labute approximate surface area is 93.9 Å². The maximum Gasteiger partial charge on any atom is 0.215 e. The van der Waals surface area contributed by atoms with Crippen molar-refractivity contribution in [1.29, 1.82) is 0 Å². The van der Waals surface area contributed by atoms with Crippen molar-refractivity contribution in [2.24, 2.45) is 0 Å². The number of aryl methyl sites for hydroxylation is 1. The first-order valence-electron chi connectivity index (χ1n) is 4.95. The van der Waals surface area contributed by atoms with Gasteiger partial charge in [-0.05, 0) is 19.9 Å². The fraction of sp³-hybridized carbons (Fsp3) is 0.273. The molecule has 0 saturated carbocycles. The lowest BCUT2D eigenvalue weighted by atomic mass is 10.3. The van der Waals surface area contributed by atoms with Crippen molar-refractivity contribution in [1.82, 2.24) is 14.8 Å². The van der Waals surface area contributed by atoms with E-state index in [0.29, 0.717) is 5.88 Å². The molecule has 0 aliphatic heterocycles. The van der Waals surface area contributed by atoms with Crippen LogP contribution < -0.4 is 10.5 Å². The SMILES string of the molecule is COc1cc(-n2nc(C)c(N)c2C)ccn1. The van der Waals surface area contributed by atoms with E-state index < -0.39 is 0 Å². The fourth-order valence-electron chi connectivity index (χ4n) is 1.55. The van der Waals surface area contributed by atoms with Crippen molar-refractivity contribution < 1.29 is 4.74 Å². The molecule has 0 atom stereocenters. The molecule has 0 unspecified atom stereocenters. The van der Waals surface area contributed by atoms with Gasteiger partial charge in [0, 0.05) is 12.3 Å². The second-order valence-corrected chi connectivity index (χ2v) is 3.55. The highest BCUT2D eigenvalue weighted by Crippen LogP contribution is 2.20. The van der Waals surface area contributed by atoms with Crippen LogP contribution >= 0.6 is 0 Å². The molecule has 0 fully saturated rings. The van der Waals surface area contributed by atoms with E-state index in [1.165, 1.54) is 0 Å². The first kappa shape index (κ1) is 10.5. The number of nitrogens with zero attached hydrogens (tertiary/aromatic N) is 3. The van der Waals surface area contributed by atoms with Gasteiger partial charge in [0.25, 0.3) is 0 Å². The molecule has 2 rings (SSSR count). The van der Waals surface area contributed by atoms with Gasteiger partial charge in [0.15, 0.2) is 0 Å². The van der Waals surface area contributed by atoms with E-state index in [4.69, 9.17) is 10.5 Å². The Bertz CT molecular complexity index is 519. The van der Waals surface area contributed by atoms with Gasteiger partial charge in [0.2, 0.25) is 5.88 Å². The number of nitrogens with two attached hydrogens (primary N) is 1. The molecule has 0 aromatic carbocycles. The molecular weight excluding hydrogens is 204 g/mol. The van der Waals surface area contributed by atoms with Crippen LogP contribution in [0.4, 0.5) is 5.69 Å². The molecule has 16 heavy (non-hydrogen) atoms. The first-order chi connectivity index (χ1) is 7.63. The summed E-state index contributed by atoms with van der Waals surface area (Å²) < 4.78 is 6.86. The van der Waals surface area contributed by atoms with E-state index >= 15 is 0 Å². The van der Waals surface area contributed by atoms with Crippen LogP contribution in [-0.4, -0.2) is 21.9 Å². The van der Waals surface area contributed by atoms with Crippen LogP contribution in [0.5, 0.6) is 5.88 Å². The summed E-state index contributed by atoms with van der Waals surface area (Å²) in [6, 6.07) is 3.68. The van der Waals surface area contributed by atoms with Crippen LogP contribution in [0.25, 0.3) is 5.69 Å². The zero-order valence-corrected chi connectivity index (χ0v) is 9.56. The number of methoxy groups -OCH3 is 1. The molecule has 0 spiro atoms. The van der Waals surface area contributed by atoms with Crippen LogP contribution in [0.15, 0.2) is 18.3 Å². The van der Waals surface area contributed by atoms with Crippen molar-refractivity contribution in [3.05, 3.63) is 29.7 Å². The molecule has 0 amide bonds. The third kappa shape index (κ3) is 1.60. The maximum atomic E-state index is 5.88. The minimum Gasteiger partial charge on any atom is -0.481 e. The molecule has 0 radical (unpaired) electrons. The molecule has 84 valence electrons. The number of pyridine rings is 1. The number of aromatic nitrogens is 3. The highest BCUT2D eigenvalue weighted by Gasteiger charge is 2.10. The molecule has 0 aliphatic rings. The molecule has 2 heterocycles. The van der Waals surface area contributed by atoms with Gasteiger partial charge in [-0.25, -0.2) is 9.67 Å². The molecular formula is C11H14N4O. The molecule has 2 N–H and O–H groups in total. The third-order valence-electron chi connectivity index (χ3n) is 2.52. The van der Waals surface area contributed by atoms with E-state index in [2.05, 4.69) is 10.1 Å². The standard InChI is InChI=1S/C11H14N4O/c1-7-11(12)8(2)15(14-7)9-4-5-13-10(6-9)16-3/h4-6H,12H2,1-3H3. The minimum absolute atomic E-state index is 0.559. The average Bonchev–Trinajstić information content (AvgIpc) is 2.57. The summed E-state index contributed by atoms with van der Waals surface area (Å²) in [5, 5.41) is 4.36. The van der Waals surface area contributed by atoms with Crippen LogP contribution in [-0.2, 0) is 0 Å². The van der Waals surface area contributed by atoms with E-state index in [0.717, 1.165) is 22.8 Å². The van der Waals surface area contributed by atoms with Gasteiger partial charge >= 0.3 is 0 Å². The smallest absolute Gasteiger partial charge is 0.215 e. The molecule has 2 aromatic rings. The summed E-state index contributed by atoms with van der Waals surface area (Å²) in [6.45, 7) is 3.82. The monoisotopic (exact) mass is 218 g/mol. The zero-order valence-electron chi connectivity index (χ0n) is 9.56. The molecule has 5 heteroatoms. The lowest BCUT2D eigenvalue weighted by molar-refractivity contribution is 0.397. The van der Waals surface area contributed by atoms with Crippen molar-refractivity contribution in [3.63, 3.8) is 0 Å². The normalized spacial score (nSPS) is 10.4. The van der Waals surface area contributed by atoms with Gasteiger partial charge in [-0.2, -0.15) is 5.10 Å². The predicted octanol–water partition coefficient (Wildman–Crippen LogP) is 1.47. The number of hydrogen-bond acceptors (Lipinski definition) is 4. The third-order valence-corrected chi connectivity index (χ3v) is 2.52. The number of anilines is 1. The first-order valence-corrected chi connectivity index (χ1v) is 4.95. The zero-order chi connectivity index (χ0) is 11.7. The van der Waals surface area contributed by atoms with Crippen molar-refractivity contribution >= 4 is 5.69 Å². The Hall–Kier alpha value is -2.04. The predicted molar refractivity (Wildman–Crippen MR) is 61.8 cm³/mol. The van der Waals surface area contributed by atoms with Gasteiger partial charge in [0.1, 0.15) is 0 Å². The molecule has 2 aromatic heterocycles. The van der Waals surface area contributed by atoms with Crippen LogP contribution in [0.1, 0.15) is 11.4 Å². The Morgan fingerprint density at radius 1 is 1.38 bits per heavy atom. The van der Waals surface area contributed by atoms with Gasteiger partial charge in [0.05, 0.1) is 29.9 Å². The molecule has 5 nitrogen and oxygen atoms in total. The second kappa shape index (κ2) is 3.84. The van der Waals surface area contributed by atoms with E-state index in [1.54, 1.807) is 18.0 Å². The Morgan fingerprint density at radius 3 is 2.69 bits per heavy atom. The number of nitrogen functional groups attached to an aromatic ring is 1. The Morgan fingerprint density at radius 2 is 2.12 bits per heavy atom. The maximum absolute atomic E-state index is 5.88. The molecule has 0 aliphatic carbocycles. The minimum atomic E-state index is 0.559. The number of rotatable bonds is 2. The Balaban J connectivity index is 2.54. The molecule has 0 saturated heterocycles. The quantitative estimate of drug-likeness (QED) is 0.829. The highest BCUT2D eigenvalue weighted by molar-refractivity contribution is 5.50. The van der Waals surface area contributed by atoms with Crippen LogP contribution in [0.2, 0.25) is 0 Å². The Kier molecular flexibility index (Phi) is 2.52. The number of hydrogen-bond donors (Lipinski definition) is 1. The summed E-state index contributed by atoms with van der Waals surface area (Å²) in [4.78, 5) is 4.05. The van der Waals surface area contributed by atoms with Gasteiger partial charge in [-0.3, -0.25) is 0 Å². The largest absolute Gasteiger partial charge is 0.481 e. The summed E-state index contributed by atoms with van der Waals surface area (Å²) in [5.74, 6) is 0.559. The van der Waals surface area contributed by atoms with Gasteiger partial charge < -0.3 is 10.5 Å². The second-order valence-electron chi connectivity index (χ2n) is 3.55. The van der Waals surface area contributed by atoms with Crippen LogP contribution in [0, 0.1) is 13.8 Å². The topological polar surface area (TPSA) is 66.0 Å². The molecule has 0 bridgehead atoms. The summed E-state index contributed by atoms with van der Waals surface area (Å²) in [5.41, 5.74) is 9.24. The summed E-state index contributed by atoms with van der Waals surface area (Å²) >= 11 is 0.